The zero-order valence-electron chi connectivity index (χ0n) is 16.8. The highest BCUT2D eigenvalue weighted by Crippen LogP contribution is 2.36. The molecule has 2 aromatic carbocycles. The number of nitrogens with one attached hydrogen (secondary N) is 1. The van der Waals surface area contributed by atoms with Crippen LogP contribution in [0.15, 0.2) is 66.7 Å². The largest absolute Gasteiger partial charge is 0.435 e. The Kier molecular flexibility index (Phi) is 6.00. The number of rotatable bonds is 6. The zero-order valence-corrected chi connectivity index (χ0v) is 17.8. The van der Waals surface area contributed by atoms with E-state index in [4.69, 9.17) is 4.43 Å². The van der Waals surface area contributed by atoms with Crippen molar-refractivity contribution in [3.63, 3.8) is 0 Å². The van der Waals surface area contributed by atoms with Gasteiger partial charge in [0.25, 0.3) is 8.32 Å². The van der Waals surface area contributed by atoms with Crippen molar-refractivity contribution < 1.29 is 17.6 Å². The number of aromatic nitrogens is 2. The van der Waals surface area contributed by atoms with Gasteiger partial charge in [-0.1, -0.05) is 81.4 Å². The molecule has 1 heterocycles. The Hall–Kier alpha value is -2.38. The predicted octanol–water partition coefficient (Wildman–Crippen LogP) is 4.55. The lowest BCUT2D eigenvalue weighted by molar-refractivity contribution is -0.141. The second-order valence-corrected chi connectivity index (χ2v) is 12.3. The number of alkyl halides is 3. The molecule has 7 heteroatoms. The fourth-order valence-corrected chi connectivity index (χ4v) is 8.27. The molecule has 0 aliphatic heterocycles. The summed E-state index contributed by atoms with van der Waals surface area (Å²) in [5, 5.41) is 7.95. The summed E-state index contributed by atoms with van der Waals surface area (Å²) in [4.78, 5) is 0. The van der Waals surface area contributed by atoms with Crippen LogP contribution in [0.3, 0.4) is 0 Å². The van der Waals surface area contributed by atoms with E-state index in [1.54, 1.807) is 0 Å². The van der Waals surface area contributed by atoms with E-state index < -0.39 is 20.2 Å². The molecule has 29 heavy (non-hydrogen) atoms. The van der Waals surface area contributed by atoms with Gasteiger partial charge >= 0.3 is 6.18 Å². The first-order valence-electron chi connectivity index (χ1n) is 9.51. The number of H-pyrrole nitrogens is 1. The van der Waals surface area contributed by atoms with E-state index in [9.17, 15) is 13.2 Å². The highest BCUT2D eigenvalue weighted by atomic mass is 28.4. The third-order valence-corrected chi connectivity index (χ3v) is 10.1. The van der Waals surface area contributed by atoms with Gasteiger partial charge in [-0.15, -0.1) is 0 Å². The number of hydrogen-bond acceptors (Lipinski definition) is 2. The highest BCUT2D eigenvalue weighted by molar-refractivity contribution is 6.99. The molecule has 0 saturated carbocycles. The summed E-state index contributed by atoms with van der Waals surface area (Å²) in [6.45, 7) is 6.79. The number of aromatic amines is 1. The number of halogens is 3. The number of nitrogens with zero attached hydrogens (tertiary/aromatic N) is 1. The van der Waals surface area contributed by atoms with Gasteiger partial charge in [-0.2, -0.15) is 18.3 Å². The summed E-state index contributed by atoms with van der Waals surface area (Å²) >= 11 is 0. The van der Waals surface area contributed by atoms with Crippen molar-refractivity contribution >= 4 is 18.7 Å². The molecule has 3 nitrogen and oxygen atoms in total. The first-order valence-corrected chi connectivity index (χ1v) is 11.4. The lowest BCUT2D eigenvalue weighted by Gasteiger charge is -2.43. The minimum atomic E-state index is -4.45. The second kappa shape index (κ2) is 8.16. The normalized spacial score (nSPS) is 12.9. The van der Waals surface area contributed by atoms with Crippen LogP contribution in [-0.4, -0.2) is 25.1 Å². The topological polar surface area (TPSA) is 37.9 Å². The maximum atomic E-state index is 12.8. The Morgan fingerprint density at radius 1 is 0.897 bits per heavy atom. The summed E-state index contributed by atoms with van der Waals surface area (Å²) in [5.41, 5.74) is -0.492. The number of hydrogen-bond donors (Lipinski definition) is 1. The second-order valence-electron chi connectivity index (χ2n) is 8.04. The average Bonchev–Trinajstić information content (AvgIpc) is 3.15. The van der Waals surface area contributed by atoms with Crippen molar-refractivity contribution in [2.75, 3.05) is 6.61 Å². The van der Waals surface area contributed by atoms with Gasteiger partial charge in [-0.3, -0.25) is 5.10 Å². The summed E-state index contributed by atoms with van der Waals surface area (Å²) in [7, 11) is -2.69. The molecule has 0 unspecified atom stereocenters. The van der Waals surface area contributed by atoms with Crippen LogP contribution in [-0.2, 0) is 17.0 Å². The van der Waals surface area contributed by atoms with Crippen LogP contribution >= 0.6 is 0 Å². The summed E-state index contributed by atoms with van der Waals surface area (Å²) < 4.78 is 45.1. The minimum Gasteiger partial charge on any atom is -0.407 e. The molecule has 0 spiro atoms. The Labute approximate surface area is 170 Å². The Balaban J connectivity index is 1.93. The highest BCUT2D eigenvalue weighted by Gasteiger charge is 2.50. The summed E-state index contributed by atoms with van der Waals surface area (Å²) in [5.74, 6) is 0. The molecule has 0 amide bonds. The molecule has 0 fully saturated rings. The van der Waals surface area contributed by atoms with Gasteiger partial charge in [0.1, 0.15) is 0 Å². The van der Waals surface area contributed by atoms with E-state index in [2.05, 4.69) is 55.2 Å². The molecule has 3 rings (SSSR count). The number of benzene rings is 2. The van der Waals surface area contributed by atoms with E-state index >= 15 is 0 Å². The molecular formula is C22H25F3N2OSi. The van der Waals surface area contributed by atoms with E-state index in [0.717, 1.165) is 16.4 Å². The minimum absolute atomic E-state index is 0.180. The van der Waals surface area contributed by atoms with E-state index in [-0.39, 0.29) is 5.04 Å². The molecule has 0 bridgehead atoms. The smallest absolute Gasteiger partial charge is 0.407 e. The van der Waals surface area contributed by atoms with Crippen LogP contribution in [0.1, 0.15) is 32.2 Å². The fourth-order valence-electron chi connectivity index (χ4n) is 3.71. The van der Waals surface area contributed by atoms with Crippen molar-refractivity contribution in [1.82, 2.24) is 10.2 Å². The maximum absolute atomic E-state index is 12.8. The molecular weight excluding hydrogens is 393 g/mol. The van der Waals surface area contributed by atoms with E-state index in [1.807, 2.05) is 36.4 Å². The fraction of sp³-hybridized carbons (Fsp3) is 0.318. The van der Waals surface area contributed by atoms with Gasteiger partial charge in [-0.05, 0) is 21.5 Å². The summed E-state index contributed by atoms with van der Waals surface area (Å²) in [6, 6.07) is 21.3. The quantitative estimate of drug-likeness (QED) is 0.597. The van der Waals surface area contributed by atoms with Gasteiger partial charge in [0, 0.05) is 18.7 Å². The van der Waals surface area contributed by atoms with Gasteiger partial charge in [0.2, 0.25) is 0 Å². The van der Waals surface area contributed by atoms with Crippen LogP contribution in [0.5, 0.6) is 0 Å². The lowest BCUT2D eigenvalue weighted by atomic mass is 10.2. The molecule has 1 N–H and O–H groups in total. The Morgan fingerprint density at radius 2 is 1.41 bits per heavy atom. The zero-order chi connectivity index (χ0) is 21.1. The van der Waals surface area contributed by atoms with Crippen LogP contribution < -0.4 is 10.4 Å². The molecule has 0 saturated heterocycles. The van der Waals surface area contributed by atoms with E-state index in [0.29, 0.717) is 18.7 Å². The van der Waals surface area contributed by atoms with Crippen molar-refractivity contribution in [3.8, 4) is 0 Å². The van der Waals surface area contributed by atoms with Crippen molar-refractivity contribution in [2.45, 2.75) is 38.4 Å². The van der Waals surface area contributed by atoms with E-state index in [1.165, 1.54) is 0 Å². The van der Waals surface area contributed by atoms with Crippen LogP contribution in [0.2, 0.25) is 5.04 Å². The third kappa shape index (κ3) is 4.46. The monoisotopic (exact) mass is 418 g/mol. The third-order valence-electron chi connectivity index (χ3n) is 5.03. The molecule has 3 aromatic rings. The van der Waals surface area contributed by atoms with Gasteiger partial charge in [0.15, 0.2) is 5.69 Å². The lowest BCUT2D eigenvalue weighted by Crippen LogP contribution is -2.66. The molecule has 1 aromatic heterocycles. The Bertz CT molecular complexity index is 879. The molecule has 0 atom stereocenters. The molecule has 0 radical (unpaired) electrons. The SMILES string of the molecule is CC(C)(C)[Si](OCCc1cc(C(F)(F)F)n[nH]1)(c1ccccc1)c1ccccc1. The average molecular weight is 419 g/mol. The summed E-state index contributed by atoms with van der Waals surface area (Å²) in [6.07, 6.45) is -4.12. The van der Waals surface area contributed by atoms with Crippen LogP contribution in [0.4, 0.5) is 13.2 Å². The van der Waals surface area contributed by atoms with Crippen molar-refractivity contribution in [2.24, 2.45) is 0 Å². The first kappa shape index (κ1) is 21.3. The first-order chi connectivity index (χ1) is 13.6. The van der Waals surface area contributed by atoms with Crippen LogP contribution in [0.25, 0.3) is 0 Å². The van der Waals surface area contributed by atoms with Crippen molar-refractivity contribution in [3.05, 3.63) is 78.1 Å². The maximum Gasteiger partial charge on any atom is 0.435 e. The van der Waals surface area contributed by atoms with Crippen LogP contribution in [0, 0.1) is 0 Å². The standard InChI is InChI=1S/C22H25F3N2OSi/c1-21(2,3)29(18-10-6-4-7-11-18,19-12-8-5-9-13-19)28-15-14-17-16-20(27-26-17)22(23,24)25/h4-13,16H,14-15H2,1-3H3,(H,26,27). The molecule has 0 aliphatic rings. The Morgan fingerprint density at radius 3 is 1.83 bits per heavy atom. The van der Waals surface area contributed by atoms with Gasteiger partial charge < -0.3 is 4.43 Å². The van der Waals surface area contributed by atoms with Gasteiger partial charge in [-0.25, -0.2) is 0 Å². The molecule has 0 aliphatic carbocycles. The van der Waals surface area contributed by atoms with Gasteiger partial charge in [0.05, 0.1) is 0 Å². The molecule has 154 valence electrons. The predicted molar refractivity (Wildman–Crippen MR) is 111 cm³/mol. The van der Waals surface area contributed by atoms with Crippen molar-refractivity contribution in [1.29, 1.82) is 0 Å².